The second kappa shape index (κ2) is 5.26. The molecular weight excluding hydrogens is 190 g/mol. The summed E-state index contributed by atoms with van der Waals surface area (Å²) in [6.45, 7) is 2.89. The predicted molar refractivity (Wildman–Crippen MR) is 58.4 cm³/mol. The molecule has 0 bridgehead atoms. The van der Waals surface area contributed by atoms with Crippen LogP contribution in [0.15, 0.2) is 30.3 Å². The molecule has 1 aromatic carbocycles. The zero-order valence-corrected chi connectivity index (χ0v) is 8.80. The average Bonchev–Trinajstić information content (AvgIpc) is 2.75. The third-order valence-electron chi connectivity index (χ3n) is 2.67. The summed E-state index contributed by atoms with van der Waals surface area (Å²) >= 11 is 0. The van der Waals surface area contributed by atoms with Crippen molar-refractivity contribution in [2.24, 2.45) is 0 Å². The van der Waals surface area contributed by atoms with Crippen LogP contribution in [0.3, 0.4) is 0 Å². The maximum Gasteiger partial charge on any atom is 0.136 e. The molecule has 1 saturated heterocycles. The van der Waals surface area contributed by atoms with E-state index < -0.39 is 0 Å². The fourth-order valence-electron chi connectivity index (χ4n) is 1.93. The Morgan fingerprint density at radius 2 is 2.13 bits per heavy atom. The number of hydrogen-bond donors (Lipinski definition) is 1. The van der Waals surface area contributed by atoms with Gasteiger partial charge in [-0.1, -0.05) is 30.3 Å². The van der Waals surface area contributed by atoms with Crippen LogP contribution in [0.1, 0.15) is 18.2 Å². The van der Waals surface area contributed by atoms with Crippen LogP contribution < -0.4 is 0 Å². The van der Waals surface area contributed by atoms with Crippen molar-refractivity contribution in [1.29, 1.82) is 0 Å². The van der Waals surface area contributed by atoms with Crippen LogP contribution in [-0.2, 0) is 4.74 Å². The van der Waals surface area contributed by atoms with Crippen molar-refractivity contribution < 1.29 is 9.84 Å². The van der Waals surface area contributed by atoms with E-state index in [2.05, 4.69) is 17.0 Å². The Hall–Kier alpha value is -0.900. The Labute approximate surface area is 90.3 Å². The lowest BCUT2D eigenvalue weighted by molar-refractivity contribution is 0.0301. The number of rotatable bonds is 4. The summed E-state index contributed by atoms with van der Waals surface area (Å²) in [5, 5.41) is 8.82. The average molecular weight is 207 g/mol. The van der Waals surface area contributed by atoms with Gasteiger partial charge in [-0.05, 0) is 12.0 Å². The van der Waals surface area contributed by atoms with Gasteiger partial charge in [-0.3, -0.25) is 4.90 Å². The normalized spacial score (nSPS) is 22.1. The molecule has 0 saturated carbocycles. The van der Waals surface area contributed by atoms with E-state index in [1.165, 1.54) is 5.56 Å². The highest BCUT2D eigenvalue weighted by molar-refractivity contribution is 5.17. The predicted octanol–water partition coefficient (Wildman–Crippen LogP) is 1.40. The highest BCUT2D eigenvalue weighted by Gasteiger charge is 2.25. The van der Waals surface area contributed by atoms with Crippen LogP contribution in [-0.4, -0.2) is 36.3 Å². The molecule has 1 N–H and O–H groups in total. The van der Waals surface area contributed by atoms with Crippen LogP contribution in [0, 0.1) is 0 Å². The molecule has 82 valence electrons. The smallest absolute Gasteiger partial charge is 0.136 e. The van der Waals surface area contributed by atoms with Crippen molar-refractivity contribution in [2.45, 2.75) is 12.6 Å². The highest BCUT2D eigenvalue weighted by Crippen LogP contribution is 2.26. The van der Waals surface area contributed by atoms with Gasteiger partial charge in [-0.15, -0.1) is 0 Å². The lowest BCUT2D eigenvalue weighted by atomic mass is 10.2. The van der Waals surface area contributed by atoms with Crippen LogP contribution in [0.2, 0.25) is 0 Å². The number of benzene rings is 1. The molecule has 2 rings (SSSR count). The van der Waals surface area contributed by atoms with Crippen LogP contribution in [0.5, 0.6) is 0 Å². The van der Waals surface area contributed by atoms with E-state index in [9.17, 15) is 0 Å². The molecule has 0 amide bonds. The van der Waals surface area contributed by atoms with Gasteiger partial charge in [0.2, 0.25) is 0 Å². The maximum atomic E-state index is 8.82. The minimum absolute atomic E-state index is 0.0812. The SMILES string of the molecule is OCCCN1CCOC1c1ccccc1. The number of ether oxygens (including phenoxy) is 1. The molecule has 1 aliphatic heterocycles. The zero-order chi connectivity index (χ0) is 10.5. The van der Waals surface area contributed by atoms with Gasteiger partial charge in [0.15, 0.2) is 0 Å². The molecule has 3 heteroatoms. The third-order valence-corrected chi connectivity index (χ3v) is 2.67. The van der Waals surface area contributed by atoms with Crippen molar-refractivity contribution in [2.75, 3.05) is 26.3 Å². The van der Waals surface area contributed by atoms with Gasteiger partial charge in [0.25, 0.3) is 0 Å². The van der Waals surface area contributed by atoms with Gasteiger partial charge in [-0.25, -0.2) is 0 Å². The quantitative estimate of drug-likeness (QED) is 0.810. The van der Waals surface area contributed by atoms with Gasteiger partial charge >= 0.3 is 0 Å². The molecular formula is C12H17NO2. The first-order chi connectivity index (χ1) is 7.42. The van der Waals surface area contributed by atoms with Crippen molar-refractivity contribution in [3.05, 3.63) is 35.9 Å². The third kappa shape index (κ3) is 2.56. The fourth-order valence-corrected chi connectivity index (χ4v) is 1.93. The van der Waals surface area contributed by atoms with Gasteiger partial charge in [0, 0.05) is 19.7 Å². The van der Waals surface area contributed by atoms with E-state index in [-0.39, 0.29) is 12.8 Å². The van der Waals surface area contributed by atoms with Crippen molar-refractivity contribution in [3.8, 4) is 0 Å². The summed E-state index contributed by atoms with van der Waals surface area (Å²) < 4.78 is 5.69. The summed E-state index contributed by atoms with van der Waals surface area (Å²) in [4.78, 5) is 2.27. The first kappa shape index (κ1) is 10.6. The lowest BCUT2D eigenvalue weighted by Crippen LogP contribution is -2.25. The second-order valence-electron chi connectivity index (χ2n) is 3.75. The van der Waals surface area contributed by atoms with Gasteiger partial charge < -0.3 is 9.84 Å². The molecule has 0 aliphatic carbocycles. The van der Waals surface area contributed by atoms with Gasteiger partial charge in [-0.2, -0.15) is 0 Å². The Balaban J connectivity index is 2.01. The van der Waals surface area contributed by atoms with E-state index in [4.69, 9.17) is 9.84 Å². The first-order valence-electron chi connectivity index (χ1n) is 5.43. The van der Waals surface area contributed by atoms with Crippen molar-refractivity contribution in [1.82, 2.24) is 4.90 Å². The van der Waals surface area contributed by atoms with Gasteiger partial charge in [0.05, 0.1) is 6.61 Å². The number of nitrogens with zero attached hydrogens (tertiary/aromatic N) is 1. The van der Waals surface area contributed by atoms with Crippen LogP contribution >= 0.6 is 0 Å². The molecule has 0 spiro atoms. The van der Waals surface area contributed by atoms with Gasteiger partial charge in [0.1, 0.15) is 6.23 Å². The van der Waals surface area contributed by atoms with Crippen molar-refractivity contribution >= 4 is 0 Å². The topological polar surface area (TPSA) is 32.7 Å². The van der Waals surface area contributed by atoms with E-state index >= 15 is 0 Å². The number of aliphatic hydroxyl groups is 1. The largest absolute Gasteiger partial charge is 0.396 e. The zero-order valence-electron chi connectivity index (χ0n) is 8.80. The lowest BCUT2D eigenvalue weighted by Gasteiger charge is -2.22. The standard InChI is InChI=1S/C12H17NO2/c14-9-4-7-13-8-10-15-12(13)11-5-2-1-3-6-11/h1-3,5-6,12,14H,4,7-10H2. The number of hydrogen-bond acceptors (Lipinski definition) is 3. The van der Waals surface area contributed by atoms with Crippen LogP contribution in [0.25, 0.3) is 0 Å². The summed E-state index contributed by atoms with van der Waals surface area (Å²) in [6, 6.07) is 10.2. The maximum absolute atomic E-state index is 8.82. The molecule has 15 heavy (non-hydrogen) atoms. The Kier molecular flexibility index (Phi) is 3.72. The molecule has 3 nitrogen and oxygen atoms in total. The molecule has 1 fully saturated rings. The molecule has 0 radical (unpaired) electrons. The molecule has 1 aliphatic rings. The minimum Gasteiger partial charge on any atom is -0.396 e. The first-order valence-corrected chi connectivity index (χ1v) is 5.43. The van der Waals surface area contributed by atoms with Crippen LogP contribution in [0.4, 0.5) is 0 Å². The summed E-state index contributed by atoms with van der Waals surface area (Å²) in [7, 11) is 0. The number of aliphatic hydroxyl groups excluding tert-OH is 1. The fraction of sp³-hybridized carbons (Fsp3) is 0.500. The van der Waals surface area contributed by atoms with E-state index in [1.54, 1.807) is 0 Å². The summed E-state index contributed by atoms with van der Waals surface area (Å²) in [5.41, 5.74) is 1.20. The Morgan fingerprint density at radius 1 is 1.33 bits per heavy atom. The Morgan fingerprint density at radius 3 is 2.87 bits per heavy atom. The minimum atomic E-state index is 0.0812. The monoisotopic (exact) mass is 207 g/mol. The van der Waals surface area contributed by atoms with E-state index in [1.807, 2.05) is 18.2 Å². The summed E-state index contributed by atoms with van der Waals surface area (Å²) in [5.74, 6) is 0. The molecule has 1 atom stereocenters. The van der Waals surface area contributed by atoms with E-state index in [0.717, 1.165) is 26.1 Å². The Bertz CT molecular complexity index is 289. The van der Waals surface area contributed by atoms with E-state index in [0.29, 0.717) is 0 Å². The molecule has 0 aromatic heterocycles. The molecule has 1 heterocycles. The second-order valence-corrected chi connectivity index (χ2v) is 3.75. The summed E-state index contributed by atoms with van der Waals surface area (Å²) in [6.07, 6.45) is 0.893. The van der Waals surface area contributed by atoms with Crippen molar-refractivity contribution in [3.63, 3.8) is 0 Å². The molecule has 1 unspecified atom stereocenters. The highest BCUT2D eigenvalue weighted by atomic mass is 16.5. The molecule has 1 aromatic rings.